The summed E-state index contributed by atoms with van der Waals surface area (Å²) < 4.78 is 5.47. The Bertz CT molecular complexity index is 714. The third kappa shape index (κ3) is 3.06. The quantitative estimate of drug-likeness (QED) is 0.615. The van der Waals surface area contributed by atoms with Crippen LogP contribution in [0.5, 0.6) is 5.75 Å². The molecule has 0 saturated heterocycles. The van der Waals surface area contributed by atoms with Gasteiger partial charge in [0.15, 0.2) is 0 Å². The van der Waals surface area contributed by atoms with Crippen molar-refractivity contribution in [2.45, 2.75) is 70.8 Å². The number of phenols is 1. The Labute approximate surface area is 161 Å². The molecule has 2 saturated carbocycles. The minimum Gasteiger partial charge on any atom is -0.508 e. The zero-order valence-corrected chi connectivity index (χ0v) is 16.5. The van der Waals surface area contributed by atoms with Crippen molar-refractivity contribution in [3.63, 3.8) is 0 Å². The van der Waals surface area contributed by atoms with Crippen molar-refractivity contribution >= 4 is 5.97 Å². The van der Waals surface area contributed by atoms with Crippen molar-refractivity contribution in [3.8, 4) is 5.75 Å². The second-order valence-electron chi connectivity index (χ2n) is 9.15. The summed E-state index contributed by atoms with van der Waals surface area (Å²) in [5, 5.41) is 20.9. The fourth-order valence-corrected chi connectivity index (χ4v) is 6.24. The number of fused-ring (bicyclic) bond motifs is 5. The van der Waals surface area contributed by atoms with Crippen LogP contribution < -0.4 is 0 Å². The summed E-state index contributed by atoms with van der Waals surface area (Å²) in [7, 11) is 0. The van der Waals surface area contributed by atoms with Gasteiger partial charge in [0, 0.05) is 0 Å². The predicted molar refractivity (Wildman–Crippen MR) is 103 cm³/mol. The highest BCUT2D eigenvalue weighted by Gasteiger charge is 2.59. The molecule has 0 aliphatic heterocycles. The Hall–Kier alpha value is -1.55. The van der Waals surface area contributed by atoms with Crippen LogP contribution in [-0.2, 0) is 16.0 Å². The van der Waals surface area contributed by atoms with E-state index in [1.54, 1.807) is 6.07 Å². The van der Waals surface area contributed by atoms with Crippen molar-refractivity contribution < 1.29 is 19.7 Å². The van der Waals surface area contributed by atoms with Gasteiger partial charge in [-0.1, -0.05) is 26.3 Å². The molecular weight excluding hydrogens is 340 g/mol. The second kappa shape index (κ2) is 7.12. The SMILES string of the molecule is CCCCOC(=O)[C@@H]1C[C@H]2[C@@H]3CCc4cc(O)ccc4[C@H]3CC[C@]2(C)[C@H]1O. The van der Waals surface area contributed by atoms with Crippen LogP contribution in [0.1, 0.15) is 69.4 Å². The number of aromatic hydroxyl groups is 1. The van der Waals surface area contributed by atoms with Crippen LogP contribution in [0.25, 0.3) is 0 Å². The van der Waals surface area contributed by atoms with E-state index < -0.39 is 6.10 Å². The first kappa shape index (κ1) is 18.8. The summed E-state index contributed by atoms with van der Waals surface area (Å²) in [5.74, 6) is 1.11. The zero-order chi connectivity index (χ0) is 19.2. The largest absolute Gasteiger partial charge is 0.508 e. The molecule has 4 nitrogen and oxygen atoms in total. The van der Waals surface area contributed by atoms with Gasteiger partial charge in [-0.15, -0.1) is 0 Å². The van der Waals surface area contributed by atoms with Gasteiger partial charge >= 0.3 is 5.97 Å². The number of hydrogen-bond acceptors (Lipinski definition) is 4. The van der Waals surface area contributed by atoms with Crippen LogP contribution in [0.4, 0.5) is 0 Å². The average Bonchev–Trinajstić information content (AvgIpc) is 2.93. The number of rotatable bonds is 4. The summed E-state index contributed by atoms with van der Waals surface area (Å²) in [4.78, 5) is 12.6. The lowest BCUT2D eigenvalue weighted by Gasteiger charge is -2.50. The molecule has 4 heteroatoms. The monoisotopic (exact) mass is 372 g/mol. The molecule has 0 bridgehead atoms. The van der Waals surface area contributed by atoms with E-state index in [0.717, 1.165) is 44.9 Å². The molecule has 0 unspecified atom stereocenters. The number of benzene rings is 1. The van der Waals surface area contributed by atoms with E-state index in [2.05, 4.69) is 19.9 Å². The molecule has 3 aliphatic rings. The van der Waals surface area contributed by atoms with Crippen LogP contribution in [0.3, 0.4) is 0 Å². The third-order valence-corrected chi connectivity index (χ3v) is 7.76. The van der Waals surface area contributed by atoms with Gasteiger partial charge in [0.1, 0.15) is 5.75 Å². The first-order valence-corrected chi connectivity index (χ1v) is 10.6. The maximum atomic E-state index is 12.6. The van der Waals surface area contributed by atoms with Crippen LogP contribution in [0.2, 0.25) is 0 Å². The van der Waals surface area contributed by atoms with Gasteiger partial charge in [0.25, 0.3) is 0 Å². The number of phenolic OH excluding ortho intramolecular Hbond substituents is 1. The summed E-state index contributed by atoms with van der Waals surface area (Å²) >= 11 is 0. The Morgan fingerprint density at radius 1 is 1.33 bits per heavy atom. The molecule has 0 radical (unpaired) electrons. The lowest BCUT2D eigenvalue weighted by molar-refractivity contribution is -0.153. The third-order valence-electron chi connectivity index (χ3n) is 7.76. The van der Waals surface area contributed by atoms with Crippen LogP contribution >= 0.6 is 0 Å². The molecule has 0 amide bonds. The minimum absolute atomic E-state index is 0.190. The Balaban J connectivity index is 1.55. The van der Waals surface area contributed by atoms with Crippen LogP contribution in [0, 0.1) is 23.2 Å². The highest BCUT2D eigenvalue weighted by molar-refractivity contribution is 5.74. The van der Waals surface area contributed by atoms with Gasteiger partial charge in [-0.25, -0.2) is 0 Å². The Kier molecular flexibility index (Phi) is 4.96. The topological polar surface area (TPSA) is 66.8 Å². The molecule has 0 aromatic heterocycles. The predicted octanol–water partition coefficient (Wildman–Crippen LogP) is 4.18. The molecule has 1 aromatic carbocycles. The van der Waals surface area contributed by atoms with Crippen molar-refractivity contribution in [1.29, 1.82) is 0 Å². The van der Waals surface area contributed by atoms with Crippen molar-refractivity contribution in [2.24, 2.45) is 23.2 Å². The molecule has 4 rings (SSSR count). The highest BCUT2D eigenvalue weighted by atomic mass is 16.5. The molecule has 27 heavy (non-hydrogen) atoms. The molecule has 2 fully saturated rings. The molecule has 148 valence electrons. The lowest BCUT2D eigenvalue weighted by Crippen LogP contribution is -2.44. The van der Waals surface area contributed by atoms with Crippen molar-refractivity contribution in [3.05, 3.63) is 29.3 Å². The summed E-state index contributed by atoms with van der Waals surface area (Å²) in [6.45, 7) is 4.72. The number of carbonyl (C=O) groups excluding carboxylic acids is 1. The summed E-state index contributed by atoms with van der Waals surface area (Å²) in [6, 6.07) is 5.80. The van der Waals surface area contributed by atoms with Gasteiger partial charge < -0.3 is 14.9 Å². The van der Waals surface area contributed by atoms with Gasteiger partial charge in [-0.3, -0.25) is 4.79 Å². The van der Waals surface area contributed by atoms with E-state index in [1.807, 2.05) is 6.07 Å². The van der Waals surface area contributed by atoms with E-state index in [-0.39, 0.29) is 17.3 Å². The minimum atomic E-state index is -0.598. The number of aryl methyl sites for hydroxylation is 1. The van der Waals surface area contributed by atoms with E-state index in [0.29, 0.717) is 30.1 Å². The standard InChI is InChI=1S/C23H32O4/c1-3-4-11-27-22(26)19-13-20-18-7-5-14-12-15(24)6-8-16(14)17(18)9-10-23(20,2)21(19)25/h6,8,12,17-21,24-25H,3-5,7,9-11,13H2,1-2H3/t17-,18-,19-,20+,21+,23+/m1/s1. The number of ether oxygens (including phenoxy) is 1. The lowest BCUT2D eigenvalue weighted by atomic mass is 9.55. The summed E-state index contributed by atoms with van der Waals surface area (Å²) in [6.07, 6.45) is 6.06. The fraction of sp³-hybridized carbons (Fsp3) is 0.696. The normalized spacial score (nSPS) is 37.2. The van der Waals surface area contributed by atoms with Crippen LogP contribution in [0.15, 0.2) is 18.2 Å². The number of aliphatic hydroxyl groups excluding tert-OH is 1. The molecule has 2 N–H and O–H groups in total. The van der Waals surface area contributed by atoms with E-state index >= 15 is 0 Å². The van der Waals surface area contributed by atoms with Gasteiger partial charge in [-0.2, -0.15) is 0 Å². The number of aliphatic hydroxyl groups is 1. The molecule has 0 spiro atoms. The highest BCUT2D eigenvalue weighted by Crippen LogP contribution is 2.62. The number of carbonyl (C=O) groups is 1. The van der Waals surface area contributed by atoms with Crippen LogP contribution in [-0.4, -0.2) is 28.9 Å². The maximum absolute atomic E-state index is 12.6. The van der Waals surface area contributed by atoms with E-state index in [9.17, 15) is 15.0 Å². The fourth-order valence-electron chi connectivity index (χ4n) is 6.24. The van der Waals surface area contributed by atoms with Gasteiger partial charge in [0.2, 0.25) is 0 Å². The first-order valence-electron chi connectivity index (χ1n) is 10.6. The molecule has 3 aliphatic carbocycles. The second-order valence-corrected chi connectivity index (χ2v) is 9.15. The molecule has 1 aromatic rings. The summed E-state index contributed by atoms with van der Waals surface area (Å²) in [5.41, 5.74) is 2.45. The van der Waals surface area contributed by atoms with Gasteiger partial charge in [-0.05, 0) is 85.0 Å². The Morgan fingerprint density at radius 3 is 2.93 bits per heavy atom. The number of hydrogen-bond donors (Lipinski definition) is 2. The van der Waals surface area contributed by atoms with E-state index in [4.69, 9.17) is 4.74 Å². The molecule has 6 atom stereocenters. The van der Waals surface area contributed by atoms with Gasteiger partial charge in [0.05, 0.1) is 18.6 Å². The zero-order valence-electron chi connectivity index (χ0n) is 16.5. The molecule has 0 heterocycles. The van der Waals surface area contributed by atoms with Crippen molar-refractivity contribution in [2.75, 3.05) is 6.61 Å². The smallest absolute Gasteiger partial charge is 0.311 e. The molecular formula is C23H32O4. The first-order chi connectivity index (χ1) is 13.0. The average molecular weight is 373 g/mol. The Morgan fingerprint density at radius 2 is 2.15 bits per heavy atom. The number of esters is 1. The number of unbranched alkanes of at least 4 members (excludes halogenated alkanes) is 1. The maximum Gasteiger partial charge on any atom is 0.311 e. The van der Waals surface area contributed by atoms with Crippen molar-refractivity contribution in [1.82, 2.24) is 0 Å². The van der Waals surface area contributed by atoms with E-state index in [1.165, 1.54) is 11.1 Å².